The molecule has 238 valence electrons. The third kappa shape index (κ3) is 4.54. The summed E-state index contributed by atoms with van der Waals surface area (Å²) in [5.74, 6) is 1.99. The normalized spacial score (nSPS) is 11.9. The first-order valence-electron chi connectivity index (χ1n) is 16.8. The number of hydrogen-bond acceptors (Lipinski definition) is 6. The molecular formula is C45H25N3OS2. The number of aromatic nitrogens is 3. The fraction of sp³-hybridized carbons (Fsp3) is 0. The van der Waals surface area contributed by atoms with Crippen LogP contribution in [0.4, 0.5) is 0 Å². The summed E-state index contributed by atoms with van der Waals surface area (Å²) in [7, 11) is 0. The highest BCUT2D eigenvalue weighted by atomic mass is 32.1. The predicted molar refractivity (Wildman–Crippen MR) is 215 cm³/mol. The van der Waals surface area contributed by atoms with Crippen LogP contribution in [0.1, 0.15) is 0 Å². The van der Waals surface area contributed by atoms with Gasteiger partial charge in [-0.05, 0) is 42.0 Å². The number of para-hydroxylation sites is 2. The van der Waals surface area contributed by atoms with Crippen LogP contribution in [0.15, 0.2) is 156 Å². The Morgan fingerprint density at radius 1 is 0.373 bits per heavy atom. The van der Waals surface area contributed by atoms with E-state index in [-0.39, 0.29) is 0 Å². The van der Waals surface area contributed by atoms with Gasteiger partial charge in [-0.2, -0.15) is 0 Å². The van der Waals surface area contributed by atoms with Crippen LogP contribution in [0, 0.1) is 0 Å². The summed E-state index contributed by atoms with van der Waals surface area (Å²) < 4.78 is 11.3. The quantitative estimate of drug-likeness (QED) is 0.185. The minimum atomic E-state index is 0.659. The average molecular weight is 688 g/mol. The Kier molecular flexibility index (Phi) is 6.26. The van der Waals surface area contributed by atoms with E-state index < -0.39 is 0 Å². The van der Waals surface area contributed by atoms with Crippen LogP contribution in [0.25, 0.3) is 108 Å². The minimum absolute atomic E-state index is 0.659. The van der Waals surface area contributed by atoms with Crippen LogP contribution < -0.4 is 0 Å². The van der Waals surface area contributed by atoms with Crippen molar-refractivity contribution in [2.75, 3.05) is 0 Å². The number of furan rings is 1. The van der Waals surface area contributed by atoms with E-state index in [9.17, 15) is 0 Å². The third-order valence-electron chi connectivity index (χ3n) is 9.76. The summed E-state index contributed by atoms with van der Waals surface area (Å²) in [6.45, 7) is 0. The molecule has 0 atom stereocenters. The average Bonchev–Trinajstić information content (AvgIpc) is 3.88. The van der Waals surface area contributed by atoms with Crippen LogP contribution in [0.3, 0.4) is 0 Å². The molecule has 0 aliphatic carbocycles. The third-order valence-corrected chi connectivity index (χ3v) is 12.1. The zero-order valence-corrected chi connectivity index (χ0v) is 28.6. The Morgan fingerprint density at radius 3 is 1.94 bits per heavy atom. The Bertz CT molecular complexity index is 3160. The number of nitrogens with zero attached hydrogens (tertiary/aromatic N) is 3. The summed E-state index contributed by atoms with van der Waals surface area (Å²) in [4.78, 5) is 15.3. The molecule has 4 heterocycles. The highest BCUT2D eigenvalue weighted by Crippen LogP contribution is 2.43. The topological polar surface area (TPSA) is 51.8 Å². The molecule has 0 N–H and O–H groups in total. The number of hydrogen-bond donors (Lipinski definition) is 0. The molecular weight excluding hydrogens is 663 g/mol. The summed E-state index contributed by atoms with van der Waals surface area (Å²) in [5.41, 5.74) is 6.97. The van der Waals surface area contributed by atoms with Gasteiger partial charge in [-0.15, -0.1) is 22.7 Å². The van der Waals surface area contributed by atoms with Crippen LogP contribution in [0.2, 0.25) is 0 Å². The highest BCUT2D eigenvalue weighted by molar-refractivity contribution is 7.26. The minimum Gasteiger partial charge on any atom is -0.455 e. The van der Waals surface area contributed by atoms with Crippen molar-refractivity contribution in [1.82, 2.24) is 15.0 Å². The fourth-order valence-electron chi connectivity index (χ4n) is 7.32. The van der Waals surface area contributed by atoms with Crippen molar-refractivity contribution in [3.05, 3.63) is 152 Å². The van der Waals surface area contributed by atoms with Crippen molar-refractivity contribution in [1.29, 1.82) is 0 Å². The van der Waals surface area contributed by atoms with E-state index in [2.05, 4.69) is 121 Å². The van der Waals surface area contributed by atoms with Crippen LogP contribution in [-0.2, 0) is 0 Å². The number of thiophene rings is 2. The van der Waals surface area contributed by atoms with E-state index in [1.165, 1.54) is 35.6 Å². The summed E-state index contributed by atoms with van der Waals surface area (Å²) in [5, 5.41) is 7.18. The smallest absolute Gasteiger partial charge is 0.165 e. The molecule has 0 aliphatic heterocycles. The maximum atomic E-state index is 6.41. The van der Waals surface area contributed by atoms with Crippen molar-refractivity contribution in [2.24, 2.45) is 0 Å². The lowest BCUT2D eigenvalue weighted by Crippen LogP contribution is -2.00. The molecule has 4 nitrogen and oxygen atoms in total. The Labute approximate surface area is 299 Å². The molecule has 11 rings (SSSR count). The van der Waals surface area contributed by atoms with Gasteiger partial charge in [0.1, 0.15) is 11.2 Å². The largest absolute Gasteiger partial charge is 0.455 e. The second kappa shape index (κ2) is 11.2. The van der Waals surface area contributed by atoms with E-state index in [1.807, 2.05) is 30.3 Å². The molecule has 0 amide bonds. The van der Waals surface area contributed by atoms with Gasteiger partial charge < -0.3 is 4.42 Å². The standard InChI is InChI=1S/C45H25N3OS2/c1-2-10-26(11-3-1)43-46-44(28-20-22-32-31-13-5-7-19-38(31)50-40(32)25-28)48-45(47-43)35-17-9-16-34-36-24-27(21-23-39(36)51-42(34)35)29-14-8-15-33-30-12-4-6-18-37(30)49-41(29)33/h1-25H. The maximum absolute atomic E-state index is 6.41. The molecule has 0 unspecified atom stereocenters. The molecule has 0 saturated heterocycles. The molecule has 0 aliphatic rings. The van der Waals surface area contributed by atoms with E-state index in [0.717, 1.165) is 54.5 Å². The molecule has 6 heteroatoms. The number of fused-ring (bicyclic) bond motifs is 9. The van der Waals surface area contributed by atoms with Gasteiger partial charge in [0.2, 0.25) is 0 Å². The Hall–Kier alpha value is -6.21. The fourth-order valence-corrected chi connectivity index (χ4v) is 9.66. The predicted octanol–water partition coefficient (Wildman–Crippen LogP) is 13.2. The van der Waals surface area contributed by atoms with E-state index in [1.54, 1.807) is 22.7 Å². The van der Waals surface area contributed by atoms with Gasteiger partial charge in [-0.3, -0.25) is 0 Å². The van der Waals surface area contributed by atoms with Gasteiger partial charge in [0.05, 0.1) is 0 Å². The van der Waals surface area contributed by atoms with E-state index >= 15 is 0 Å². The van der Waals surface area contributed by atoms with Crippen molar-refractivity contribution >= 4 is 85.0 Å². The van der Waals surface area contributed by atoms with Crippen LogP contribution in [-0.4, -0.2) is 15.0 Å². The van der Waals surface area contributed by atoms with Crippen molar-refractivity contribution < 1.29 is 4.42 Å². The second-order valence-corrected chi connectivity index (χ2v) is 14.9. The van der Waals surface area contributed by atoms with E-state index in [0.29, 0.717) is 17.5 Å². The first kappa shape index (κ1) is 28.6. The van der Waals surface area contributed by atoms with Gasteiger partial charge >= 0.3 is 0 Å². The molecule has 11 aromatic rings. The van der Waals surface area contributed by atoms with Gasteiger partial charge in [0, 0.05) is 73.4 Å². The molecule has 51 heavy (non-hydrogen) atoms. The Balaban J connectivity index is 1.09. The van der Waals surface area contributed by atoms with Gasteiger partial charge in [0.25, 0.3) is 0 Å². The first-order chi connectivity index (χ1) is 25.2. The number of rotatable bonds is 4. The molecule has 7 aromatic carbocycles. The van der Waals surface area contributed by atoms with Crippen LogP contribution >= 0.6 is 22.7 Å². The lowest BCUT2D eigenvalue weighted by atomic mass is 10.00. The molecule has 0 fully saturated rings. The monoisotopic (exact) mass is 687 g/mol. The molecule has 4 aromatic heterocycles. The van der Waals surface area contributed by atoms with E-state index in [4.69, 9.17) is 19.4 Å². The number of benzene rings is 7. The van der Waals surface area contributed by atoms with Crippen LogP contribution in [0.5, 0.6) is 0 Å². The molecule has 0 radical (unpaired) electrons. The lowest BCUT2D eigenvalue weighted by molar-refractivity contribution is 0.670. The van der Waals surface area contributed by atoms with Gasteiger partial charge in [0.15, 0.2) is 17.5 Å². The zero-order valence-electron chi connectivity index (χ0n) is 27.0. The summed E-state index contributed by atoms with van der Waals surface area (Å²) in [6.07, 6.45) is 0. The molecule has 0 saturated carbocycles. The summed E-state index contributed by atoms with van der Waals surface area (Å²) in [6, 6.07) is 53.2. The SMILES string of the molecule is c1ccc(-c2nc(-c3ccc4c(c3)sc3ccccc34)nc(-c3cccc4c3sc3ccc(-c5cccc6c5oc5ccccc56)cc34)n2)cc1. The van der Waals surface area contributed by atoms with Crippen molar-refractivity contribution in [3.8, 4) is 45.3 Å². The molecule has 0 bridgehead atoms. The maximum Gasteiger partial charge on any atom is 0.165 e. The second-order valence-electron chi connectivity index (χ2n) is 12.8. The van der Waals surface area contributed by atoms with Crippen molar-refractivity contribution in [2.45, 2.75) is 0 Å². The zero-order chi connectivity index (χ0) is 33.5. The van der Waals surface area contributed by atoms with Gasteiger partial charge in [-0.1, -0.05) is 115 Å². The highest BCUT2D eigenvalue weighted by Gasteiger charge is 2.19. The lowest BCUT2D eigenvalue weighted by Gasteiger charge is -2.09. The first-order valence-corrected chi connectivity index (χ1v) is 18.5. The Morgan fingerprint density at radius 2 is 1.04 bits per heavy atom. The molecule has 0 spiro atoms. The van der Waals surface area contributed by atoms with Crippen molar-refractivity contribution in [3.63, 3.8) is 0 Å². The van der Waals surface area contributed by atoms with Gasteiger partial charge in [-0.25, -0.2) is 15.0 Å². The summed E-state index contributed by atoms with van der Waals surface area (Å²) >= 11 is 3.58.